The van der Waals surface area contributed by atoms with Crippen molar-refractivity contribution < 1.29 is 40.5 Å². The van der Waals surface area contributed by atoms with Gasteiger partial charge >= 0.3 is 0 Å². The molecule has 0 unspecified atom stereocenters. The number of aromatic nitrogens is 2. The van der Waals surface area contributed by atoms with Crippen LogP contribution in [0.4, 0.5) is 0 Å². The van der Waals surface area contributed by atoms with Gasteiger partial charge in [-0.15, -0.1) is 0 Å². The summed E-state index contributed by atoms with van der Waals surface area (Å²) in [6, 6.07) is 4.18. The van der Waals surface area contributed by atoms with Crippen molar-refractivity contribution in [3.8, 4) is 11.5 Å². The standard InChI is InChI=1S/C20H23N3O3.C2H6O6S2/c1-3-26-19-9-13-14-8-12(24)4-5-16(14)23-20(15(13)10-18(19)25-2)17-11-21-6-7-22-17;3-9(4,5)1-2-10(6,7)8/h6-7,9-12,14,16,24H,3-5,8H2,1-2H3;1-2H2,(H,3,4,5)(H,6,7,8)/t12-,14-,16-;/m1./s1. The first kappa shape index (κ1) is 27.9. The molecule has 198 valence electrons. The van der Waals surface area contributed by atoms with E-state index in [9.17, 15) is 21.9 Å². The first-order valence-electron chi connectivity index (χ1n) is 11.2. The molecule has 2 aliphatic rings. The fourth-order valence-corrected chi connectivity index (χ4v) is 5.89. The van der Waals surface area contributed by atoms with E-state index in [4.69, 9.17) is 23.6 Å². The zero-order valence-corrected chi connectivity index (χ0v) is 21.4. The molecule has 1 aromatic heterocycles. The summed E-state index contributed by atoms with van der Waals surface area (Å²) in [4.78, 5) is 13.7. The molecule has 4 rings (SSSR count). The molecule has 1 fully saturated rings. The molecule has 2 aromatic rings. The average molecular weight is 544 g/mol. The first-order chi connectivity index (χ1) is 16.9. The number of nitrogens with zero attached hydrogens (tertiary/aromatic N) is 3. The Morgan fingerprint density at radius 1 is 1.03 bits per heavy atom. The lowest BCUT2D eigenvalue weighted by Gasteiger charge is -2.37. The molecular formula is C22H29N3O9S2. The number of aliphatic hydroxyl groups excluding tert-OH is 1. The molecule has 2 heterocycles. The van der Waals surface area contributed by atoms with Gasteiger partial charge in [0, 0.05) is 23.9 Å². The molecule has 1 aliphatic carbocycles. The second-order valence-electron chi connectivity index (χ2n) is 8.30. The van der Waals surface area contributed by atoms with Gasteiger partial charge in [0.25, 0.3) is 20.2 Å². The van der Waals surface area contributed by atoms with E-state index in [2.05, 4.69) is 16.0 Å². The highest BCUT2D eigenvalue weighted by Crippen LogP contribution is 2.44. The Morgan fingerprint density at radius 2 is 1.72 bits per heavy atom. The van der Waals surface area contributed by atoms with Crippen LogP contribution in [0.2, 0.25) is 0 Å². The van der Waals surface area contributed by atoms with E-state index in [0.29, 0.717) is 18.8 Å². The molecule has 14 heteroatoms. The number of aliphatic imine (C=N–C) groups is 1. The fourth-order valence-electron chi connectivity index (χ4n) is 4.21. The summed E-state index contributed by atoms with van der Waals surface area (Å²) < 4.78 is 66.7. The van der Waals surface area contributed by atoms with Crippen LogP contribution in [0.3, 0.4) is 0 Å². The average Bonchev–Trinajstić information content (AvgIpc) is 2.82. The van der Waals surface area contributed by atoms with Gasteiger partial charge in [-0.1, -0.05) is 0 Å². The van der Waals surface area contributed by atoms with Gasteiger partial charge in [-0.2, -0.15) is 16.8 Å². The van der Waals surface area contributed by atoms with Crippen molar-refractivity contribution in [2.75, 3.05) is 25.2 Å². The van der Waals surface area contributed by atoms with Gasteiger partial charge in [-0.05, 0) is 43.9 Å². The number of methoxy groups -OCH3 is 1. The molecule has 12 nitrogen and oxygen atoms in total. The minimum Gasteiger partial charge on any atom is -0.493 e. The third-order valence-corrected chi connectivity index (χ3v) is 7.47. The van der Waals surface area contributed by atoms with Crippen LogP contribution >= 0.6 is 0 Å². The van der Waals surface area contributed by atoms with Crippen molar-refractivity contribution in [1.82, 2.24) is 9.97 Å². The molecule has 0 spiro atoms. The summed E-state index contributed by atoms with van der Waals surface area (Å²) in [5.41, 5.74) is 3.73. The van der Waals surface area contributed by atoms with Crippen LogP contribution < -0.4 is 9.47 Å². The molecule has 1 saturated carbocycles. The van der Waals surface area contributed by atoms with Gasteiger partial charge in [0.1, 0.15) is 5.69 Å². The minimum absolute atomic E-state index is 0.144. The number of hydrogen-bond acceptors (Lipinski definition) is 10. The van der Waals surface area contributed by atoms with Gasteiger partial charge in [0.15, 0.2) is 11.5 Å². The largest absolute Gasteiger partial charge is 0.493 e. The number of aliphatic hydroxyl groups is 1. The van der Waals surface area contributed by atoms with Crippen LogP contribution in [0.15, 0.2) is 35.7 Å². The number of hydrogen-bond donors (Lipinski definition) is 3. The van der Waals surface area contributed by atoms with Gasteiger partial charge in [-0.3, -0.25) is 24.1 Å². The Hall–Kier alpha value is -2.65. The molecular weight excluding hydrogens is 514 g/mol. The van der Waals surface area contributed by atoms with Crippen LogP contribution in [0.1, 0.15) is 48.9 Å². The van der Waals surface area contributed by atoms with Crippen molar-refractivity contribution in [3.05, 3.63) is 47.5 Å². The van der Waals surface area contributed by atoms with E-state index in [1.807, 2.05) is 13.0 Å². The van der Waals surface area contributed by atoms with Crippen LogP contribution in [-0.2, 0) is 20.2 Å². The number of benzene rings is 1. The molecule has 36 heavy (non-hydrogen) atoms. The normalized spacial score (nSPS) is 21.2. The second-order valence-corrected chi connectivity index (χ2v) is 11.4. The topological polar surface area (TPSA) is 186 Å². The Bertz CT molecular complexity index is 1270. The third kappa shape index (κ3) is 7.43. The van der Waals surface area contributed by atoms with Crippen molar-refractivity contribution in [2.24, 2.45) is 4.99 Å². The Kier molecular flexibility index (Phi) is 9.00. The lowest BCUT2D eigenvalue weighted by atomic mass is 9.74. The van der Waals surface area contributed by atoms with Gasteiger partial charge in [0.05, 0.1) is 49.3 Å². The summed E-state index contributed by atoms with van der Waals surface area (Å²) in [6.07, 6.45) is 7.16. The van der Waals surface area contributed by atoms with Crippen LogP contribution in [0, 0.1) is 0 Å². The summed E-state index contributed by atoms with van der Waals surface area (Å²) in [6.45, 7) is 2.52. The van der Waals surface area contributed by atoms with Crippen molar-refractivity contribution >= 4 is 25.9 Å². The summed E-state index contributed by atoms with van der Waals surface area (Å²) in [7, 11) is -6.95. The quantitative estimate of drug-likeness (QED) is 0.430. The maximum Gasteiger partial charge on any atom is 0.265 e. The van der Waals surface area contributed by atoms with Crippen molar-refractivity contribution in [3.63, 3.8) is 0 Å². The molecule has 0 bridgehead atoms. The predicted octanol–water partition coefficient (Wildman–Crippen LogP) is 1.49. The third-order valence-electron chi connectivity index (χ3n) is 5.78. The smallest absolute Gasteiger partial charge is 0.265 e. The molecule has 3 N–H and O–H groups in total. The Balaban J connectivity index is 0.000000308. The van der Waals surface area contributed by atoms with E-state index in [1.165, 1.54) is 0 Å². The maximum atomic E-state index is 10.2. The van der Waals surface area contributed by atoms with Gasteiger partial charge in [0.2, 0.25) is 0 Å². The molecule has 0 radical (unpaired) electrons. The number of fused-ring (bicyclic) bond motifs is 3. The van der Waals surface area contributed by atoms with E-state index in [-0.39, 0.29) is 18.1 Å². The highest BCUT2D eigenvalue weighted by Gasteiger charge is 2.37. The van der Waals surface area contributed by atoms with E-state index >= 15 is 0 Å². The molecule has 1 aliphatic heterocycles. The molecule has 0 amide bonds. The second kappa shape index (κ2) is 11.6. The number of ether oxygens (including phenoxy) is 2. The highest BCUT2D eigenvalue weighted by atomic mass is 32.2. The molecule has 1 aromatic carbocycles. The SMILES string of the molecule is CCOc1cc2c(cc1OC)C(c1cnccn1)=N[C@@H]1CC[C@@H](O)C[C@H]21.O=S(=O)(O)CCS(=O)(=O)O. The van der Waals surface area contributed by atoms with Gasteiger partial charge in [-0.25, -0.2) is 0 Å². The predicted molar refractivity (Wildman–Crippen MR) is 131 cm³/mol. The summed E-state index contributed by atoms with van der Waals surface area (Å²) >= 11 is 0. The lowest BCUT2D eigenvalue weighted by Crippen LogP contribution is -2.34. The summed E-state index contributed by atoms with van der Waals surface area (Å²) in [5.74, 6) is -0.373. The van der Waals surface area contributed by atoms with E-state index in [1.54, 1.807) is 25.7 Å². The van der Waals surface area contributed by atoms with Crippen LogP contribution in [0.25, 0.3) is 0 Å². The zero-order valence-electron chi connectivity index (χ0n) is 19.8. The highest BCUT2D eigenvalue weighted by molar-refractivity contribution is 7.89. The first-order valence-corrected chi connectivity index (χ1v) is 14.4. The van der Waals surface area contributed by atoms with Gasteiger partial charge < -0.3 is 14.6 Å². The maximum absolute atomic E-state index is 10.2. The monoisotopic (exact) mass is 543 g/mol. The van der Waals surface area contributed by atoms with Crippen LogP contribution in [0.5, 0.6) is 11.5 Å². The molecule has 0 saturated heterocycles. The van der Waals surface area contributed by atoms with Crippen LogP contribution in [-0.4, -0.2) is 84.1 Å². The van der Waals surface area contributed by atoms with E-state index < -0.39 is 31.7 Å². The minimum atomic E-state index is -4.30. The summed E-state index contributed by atoms with van der Waals surface area (Å²) in [5, 5.41) is 10.2. The zero-order chi connectivity index (χ0) is 26.5. The fraction of sp³-hybridized carbons (Fsp3) is 0.500. The van der Waals surface area contributed by atoms with Crippen molar-refractivity contribution in [1.29, 1.82) is 0 Å². The molecule has 3 atom stereocenters. The van der Waals surface area contributed by atoms with Crippen molar-refractivity contribution in [2.45, 2.75) is 44.2 Å². The van der Waals surface area contributed by atoms with E-state index in [0.717, 1.165) is 41.1 Å². The number of rotatable bonds is 7. The lowest BCUT2D eigenvalue weighted by molar-refractivity contribution is 0.111. The Labute approximate surface area is 209 Å². The Morgan fingerprint density at radius 3 is 2.28 bits per heavy atom.